The van der Waals surface area contributed by atoms with Crippen LogP contribution in [0.2, 0.25) is 0 Å². The Morgan fingerprint density at radius 3 is 2.80 bits per heavy atom. The SMILES string of the molecule is CCCNC(=O)C(=O)N/N=C\c1ccc(O)c(OC)c1. The highest BCUT2D eigenvalue weighted by Gasteiger charge is 2.10. The fourth-order valence-corrected chi connectivity index (χ4v) is 1.31. The lowest BCUT2D eigenvalue weighted by Crippen LogP contribution is -2.38. The first kappa shape index (κ1) is 15.5. The van der Waals surface area contributed by atoms with Gasteiger partial charge in [-0.15, -0.1) is 0 Å². The Hall–Kier alpha value is -2.57. The second-order valence-electron chi connectivity index (χ2n) is 3.89. The normalized spacial score (nSPS) is 10.3. The molecule has 0 aromatic heterocycles. The second-order valence-corrected chi connectivity index (χ2v) is 3.89. The van der Waals surface area contributed by atoms with Gasteiger partial charge in [0.25, 0.3) is 0 Å². The molecule has 0 atom stereocenters. The van der Waals surface area contributed by atoms with Gasteiger partial charge in [0.15, 0.2) is 11.5 Å². The van der Waals surface area contributed by atoms with Crippen molar-refractivity contribution in [2.45, 2.75) is 13.3 Å². The van der Waals surface area contributed by atoms with Crippen LogP contribution >= 0.6 is 0 Å². The van der Waals surface area contributed by atoms with Crippen molar-refractivity contribution in [1.82, 2.24) is 10.7 Å². The molecule has 3 N–H and O–H groups in total. The predicted octanol–water partition coefficient (Wildman–Crippen LogP) is 0.377. The largest absolute Gasteiger partial charge is 0.504 e. The number of phenols is 1. The summed E-state index contributed by atoms with van der Waals surface area (Å²) in [5, 5.41) is 15.5. The number of amides is 2. The maximum atomic E-state index is 11.3. The number of carbonyl (C=O) groups excluding carboxylic acids is 2. The molecule has 20 heavy (non-hydrogen) atoms. The average molecular weight is 279 g/mol. The van der Waals surface area contributed by atoms with Crippen LogP contribution in [0, 0.1) is 0 Å². The van der Waals surface area contributed by atoms with Crippen molar-refractivity contribution in [2.24, 2.45) is 5.10 Å². The summed E-state index contributed by atoms with van der Waals surface area (Å²) in [7, 11) is 1.43. The third kappa shape index (κ3) is 4.60. The number of hydrazone groups is 1. The number of rotatable bonds is 5. The van der Waals surface area contributed by atoms with Crippen molar-refractivity contribution in [2.75, 3.05) is 13.7 Å². The third-order valence-electron chi connectivity index (χ3n) is 2.33. The number of hydrogen-bond acceptors (Lipinski definition) is 5. The summed E-state index contributed by atoms with van der Waals surface area (Å²) in [6.45, 7) is 2.32. The van der Waals surface area contributed by atoms with Gasteiger partial charge in [-0.3, -0.25) is 9.59 Å². The molecule has 0 heterocycles. The number of aromatic hydroxyl groups is 1. The third-order valence-corrected chi connectivity index (χ3v) is 2.33. The van der Waals surface area contributed by atoms with Crippen molar-refractivity contribution in [3.05, 3.63) is 23.8 Å². The maximum absolute atomic E-state index is 11.3. The van der Waals surface area contributed by atoms with Crippen LogP contribution in [0.4, 0.5) is 0 Å². The van der Waals surface area contributed by atoms with E-state index < -0.39 is 11.8 Å². The minimum Gasteiger partial charge on any atom is -0.504 e. The minimum absolute atomic E-state index is 0.00706. The molecule has 2 amide bonds. The smallest absolute Gasteiger partial charge is 0.329 e. The molecular formula is C13H17N3O4. The van der Waals surface area contributed by atoms with E-state index in [0.29, 0.717) is 17.9 Å². The van der Waals surface area contributed by atoms with Gasteiger partial charge >= 0.3 is 11.8 Å². The quantitative estimate of drug-likeness (QED) is 0.412. The molecule has 0 fully saturated rings. The van der Waals surface area contributed by atoms with Crippen molar-refractivity contribution in [3.63, 3.8) is 0 Å². The second kappa shape index (κ2) is 7.78. The monoisotopic (exact) mass is 279 g/mol. The van der Waals surface area contributed by atoms with Gasteiger partial charge in [-0.1, -0.05) is 6.92 Å². The van der Waals surface area contributed by atoms with E-state index in [0.717, 1.165) is 6.42 Å². The Labute approximate surface area is 116 Å². The Morgan fingerprint density at radius 1 is 1.40 bits per heavy atom. The highest BCUT2D eigenvalue weighted by atomic mass is 16.5. The summed E-state index contributed by atoms with van der Waals surface area (Å²) in [6.07, 6.45) is 2.09. The zero-order chi connectivity index (χ0) is 15.0. The van der Waals surface area contributed by atoms with Gasteiger partial charge in [-0.05, 0) is 30.2 Å². The fourth-order valence-electron chi connectivity index (χ4n) is 1.31. The number of hydrogen-bond donors (Lipinski definition) is 3. The molecule has 1 rings (SSSR count). The molecule has 7 heteroatoms. The van der Waals surface area contributed by atoms with Crippen molar-refractivity contribution in [1.29, 1.82) is 0 Å². The van der Waals surface area contributed by atoms with Gasteiger partial charge in [0.1, 0.15) is 0 Å². The fraction of sp³-hybridized carbons (Fsp3) is 0.308. The summed E-state index contributed by atoms with van der Waals surface area (Å²) in [5.41, 5.74) is 2.71. The van der Waals surface area contributed by atoms with Crippen LogP contribution in [0.3, 0.4) is 0 Å². The van der Waals surface area contributed by atoms with Crippen LogP contribution in [0.1, 0.15) is 18.9 Å². The zero-order valence-electron chi connectivity index (χ0n) is 11.3. The number of carbonyl (C=O) groups is 2. The molecule has 0 aliphatic rings. The molecule has 108 valence electrons. The van der Waals surface area contributed by atoms with E-state index >= 15 is 0 Å². The first-order valence-corrected chi connectivity index (χ1v) is 6.06. The van der Waals surface area contributed by atoms with E-state index in [1.165, 1.54) is 19.4 Å². The summed E-state index contributed by atoms with van der Waals surface area (Å²) >= 11 is 0. The number of benzene rings is 1. The van der Waals surface area contributed by atoms with Gasteiger partial charge in [-0.2, -0.15) is 5.10 Å². The summed E-state index contributed by atoms with van der Waals surface area (Å²) < 4.78 is 4.93. The molecule has 0 saturated carbocycles. The first-order valence-electron chi connectivity index (χ1n) is 6.06. The van der Waals surface area contributed by atoms with E-state index in [4.69, 9.17) is 4.74 Å². The lowest BCUT2D eigenvalue weighted by molar-refractivity contribution is -0.139. The number of nitrogens with zero attached hydrogens (tertiary/aromatic N) is 1. The van der Waals surface area contributed by atoms with E-state index in [-0.39, 0.29) is 5.75 Å². The minimum atomic E-state index is -0.833. The molecule has 0 aliphatic heterocycles. The van der Waals surface area contributed by atoms with Crippen LogP contribution in [0.5, 0.6) is 11.5 Å². The molecule has 0 aliphatic carbocycles. The Morgan fingerprint density at radius 2 is 2.15 bits per heavy atom. The Kier molecular flexibility index (Phi) is 6.02. The Balaban J connectivity index is 2.56. The zero-order valence-corrected chi connectivity index (χ0v) is 11.3. The molecule has 0 bridgehead atoms. The van der Waals surface area contributed by atoms with E-state index in [1.807, 2.05) is 6.92 Å². The number of phenolic OH excluding ortho intramolecular Hbond substituents is 1. The van der Waals surface area contributed by atoms with Gasteiger partial charge in [-0.25, -0.2) is 5.43 Å². The van der Waals surface area contributed by atoms with Crippen molar-refractivity contribution in [3.8, 4) is 11.5 Å². The van der Waals surface area contributed by atoms with Crippen LogP contribution in [-0.4, -0.2) is 36.8 Å². The van der Waals surface area contributed by atoms with Crippen molar-refractivity contribution >= 4 is 18.0 Å². The summed E-state index contributed by atoms with van der Waals surface area (Å²) in [5.74, 6) is -1.26. The van der Waals surface area contributed by atoms with Crippen LogP contribution in [-0.2, 0) is 9.59 Å². The van der Waals surface area contributed by atoms with Crippen LogP contribution < -0.4 is 15.5 Å². The summed E-state index contributed by atoms with van der Waals surface area (Å²) in [4.78, 5) is 22.6. The molecule has 7 nitrogen and oxygen atoms in total. The van der Waals surface area contributed by atoms with Gasteiger partial charge in [0.2, 0.25) is 0 Å². The topological polar surface area (TPSA) is 100 Å². The van der Waals surface area contributed by atoms with E-state index in [2.05, 4.69) is 15.8 Å². The summed E-state index contributed by atoms with van der Waals surface area (Å²) in [6, 6.07) is 4.57. The number of ether oxygens (including phenoxy) is 1. The molecule has 0 saturated heterocycles. The molecule has 0 spiro atoms. The lowest BCUT2D eigenvalue weighted by atomic mass is 10.2. The Bertz CT molecular complexity index is 514. The van der Waals surface area contributed by atoms with E-state index in [9.17, 15) is 14.7 Å². The molecule has 1 aromatic carbocycles. The van der Waals surface area contributed by atoms with Gasteiger partial charge < -0.3 is 15.2 Å². The maximum Gasteiger partial charge on any atom is 0.329 e. The van der Waals surface area contributed by atoms with Gasteiger partial charge in [0.05, 0.1) is 13.3 Å². The molecular weight excluding hydrogens is 262 g/mol. The number of nitrogens with one attached hydrogen (secondary N) is 2. The highest BCUT2D eigenvalue weighted by Crippen LogP contribution is 2.25. The average Bonchev–Trinajstić information content (AvgIpc) is 2.46. The molecule has 0 radical (unpaired) electrons. The van der Waals surface area contributed by atoms with Crippen LogP contribution in [0.15, 0.2) is 23.3 Å². The number of methoxy groups -OCH3 is 1. The molecule has 0 unspecified atom stereocenters. The van der Waals surface area contributed by atoms with Gasteiger partial charge in [0, 0.05) is 6.54 Å². The predicted molar refractivity (Wildman–Crippen MR) is 73.7 cm³/mol. The van der Waals surface area contributed by atoms with Crippen LogP contribution in [0.25, 0.3) is 0 Å². The highest BCUT2D eigenvalue weighted by molar-refractivity contribution is 6.35. The lowest BCUT2D eigenvalue weighted by Gasteiger charge is -2.03. The standard InChI is InChI=1S/C13H17N3O4/c1-3-6-14-12(18)13(19)16-15-8-9-4-5-10(17)11(7-9)20-2/h4-5,7-8,17H,3,6H2,1-2H3,(H,14,18)(H,16,19)/b15-8-. The van der Waals surface area contributed by atoms with E-state index in [1.54, 1.807) is 12.1 Å². The molecule has 1 aromatic rings. The van der Waals surface area contributed by atoms with Crippen molar-refractivity contribution < 1.29 is 19.4 Å². The first-order chi connectivity index (χ1) is 9.58.